The average molecular weight is 248 g/mol. The van der Waals surface area contributed by atoms with Crippen LogP contribution in [-0.2, 0) is 0 Å². The van der Waals surface area contributed by atoms with Crippen LogP contribution in [0.25, 0.3) is 0 Å². The number of hydrogen-bond donors (Lipinski definition) is 0. The molecule has 0 N–H and O–H groups in total. The molecule has 3 nitrogen and oxygen atoms in total. The predicted molar refractivity (Wildman–Crippen MR) is 71.9 cm³/mol. The molecule has 0 amide bonds. The van der Waals surface area contributed by atoms with Crippen LogP contribution < -0.4 is 4.74 Å². The minimum Gasteiger partial charge on any atom is -0.457 e. The second kappa shape index (κ2) is 5.25. The maximum Gasteiger partial charge on any atom is 0.131 e. The lowest BCUT2D eigenvalue weighted by Gasteiger charge is -2.10. The Balaban J connectivity index is 2.34. The number of rotatable bonds is 2. The first-order valence-electron chi connectivity index (χ1n) is 5.83. The fourth-order valence-electron chi connectivity index (χ4n) is 1.73. The third-order valence-corrected chi connectivity index (χ3v) is 2.86. The number of nitriles is 2. The molecule has 0 aromatic heterocycles. The van der Waals surface area contributed by atoms with Crippen molar-refractivity contribution in [2.24, 2.45) is 0 Å². The van der Waals surface area contributed by atoms with Crippen LogP contribution in [0.1, 0.15) is 22.3 Å². The van der Waals surface area contributed by atoms with Gasteiger partial charge in [-0.3, -0.25) is 0 Å². The third-order valence-electron chi connectivity index (χ3n) is 2.86. The lowest BCUT2D eigenvalue weighted by atomic mass is 10.1. The fourth-order valence-corrected chi connectivity index (χ4v) is 1.73. The molecule has 0 saturated heterocycles. The van der Waals surface area contributed by atoms with Gasteiger partial charge in [-0.15, -0.1) is 0 Å². The predicted octanol–water partition coefficient (Wildman–Crippen LogP) is 3.84. The largest absolute Gasteiger partial charge is 0.457 e. The molecule has 2 aromatic rings. The molecule has 0 fully saturated rings. The van der Waals surface area contributed by atoms with E-state index in [0.29, 0.717) is 22.6 Å². The normalized spacial score (nSPS) is 9.47. The Morgan fingerprint density at radius 3 is 2.32 bits per heavy atom. The zero-order valence-electron chi connectivity index (χ0n) is 10.8. The van der Waals surface area contributed by atoms with E-state index in [-0.39, 0.29) is 0 Å². The molecule has 0 aliphatic rings. The SMILES string of the molecule is Cc1cc(Oc2cc(C#N)ccc2C)ccc1C#N. The van der Waals surface area contributed by atoms with Gasteiger partial charge in [0.2, 0.25) is 0 Å². The standard InChI is InChI=1S/C16H12N2O/c1-11-3-4-13(9-17)8-16(11)19-15-6-5-14(10-18)12(2)7-15/h3-8H,1-2H3. The van der Waals surface area contributed by atoms with Crippen LogP contribution in [0.4, 0.5) is 0 Å². The van der Waals surface area contributed by atoms with Gasteiger partial charge in [0.15, 0.2) is 0 Å². The maximum atomic E-state index is 8.89. The summed E-state index contributed by atoms with van der Waals surface area (Å²) in [6, 6.07) is 14.8. The number of hydrogen-bond acceptors (Lipinski definition) is 3. The first-order chi connectivity index (χ1) is 9.13. The number of nitrogens with zero attached hydrogens (tertiary/aromatic N) is 2. The molecular weight excluding hydrogens is 236 g/mol. The van der Waals surface area contributed by atoms with Gasteiger partial charge in [-0.25, -0.2) is 0 Å². The Hall–Kier alpha value is -2.78. The van der Waals surface area contributed by atoms with Crippen molar-refractivity contribution in [3.05, 3.63) is 58.7 Å². The molecule has 0 aliphatic heterocycles. The van der Waals surface area contributed by atoms with E-state index in [1.54, 1.807) is 24.3 Å². The summed E-state index contributed by atoms with van der Waals surface area (Å²) in [7, 11) is 0. The van der Waals surface area contributed by atoms with Gasteiger partial charge in [-0.1, -0.05) is 6.07 Å². The molecule has 19 heavy (non-hydrogen) atoms. The van der Waals surface area contributed by atoms with Crippen molar-refractivity contribution in [1.29, 1.82) is 10.5 Å². The molecule has 0 saturated carbocycles. The average Bonchev–Trinajstić information content (AvgIpc) is 2.41. The zero-order valence-corrected chi connectivity index (χ0v) is 10.8. The van der Waals surface area contributed by atoms with E-state index < -0.39 is 0 Å². The van der Waals surface area contributed by atoms with Crippen molar-refractivity contribution in [2.75, 3.05) is 0 Å². The van der Waals surface area contributed by atoms with Crippen LogP contribution in [0.3, 0.4) is 0 Å². The zero-order chi connectivity index (χ0) is 13.8. The van der Waals surface area contributed by atoms with E-state index in [0.717, 1.165) is 11.1 Å². The van der Waals surface area contributed by atoms with Gasteiger partial charge < -0.3 is 4.74 Å². The summed E-state index contributed by atoms with van der Waals surface area (Å²) in [6.07, 6.45) is 0. The molecule has 0 aliphatic carbocycles. The van der Waals surface area contributed by atoms with Crippen molar-refractivity contribution in [2.45, 2.75) is 13.8 Å². The van der Waals surface area contributed by atoms with E-state index in [1.165, 1.54) is 0 Å². The highest BCUT2D eigenvalue weighted by atomic mass is 16.5. The molecule has 0 bridgehead atoms. The molecule has 2 aromatic carbocycles. The van der Waals surface area contributed by atoms with Crippen molar-refractivity contribution in [3.8, 4) is 23.6 Å². The van der Waals surface area contributed by atoms with E-state index in [2.05, 4.69) is 12.1 Å². The highest BCUT2D eigenvalue weighted by molar-refractivity contribution is 5.46. The van der Waals surface area contributed by atoms with Gasteiger partial charge in [0.1, 0.15) is 11.5 Å². The molecule has 0 atom stereocenters. The van der Waals surface area contributed by atoms with Crippen LogP contribution in [-0.4, -0.2) is 0 Å². The Morgan fingerprint density at radius 2 is 1.68 bits per heavy atom. The van der Waals surface area contributed by atoms with Crippen LogP contribution in [0, 0.1) is 36.5 Å². The second-order valence-electron chi connectivity index (χ2n) is 4.28. The Bertz CT molecular complexity index is 706. The lowest BCUT2D eigenvalue weighted by molar-refractivity contribution is 0.478. The van der Waals surface area contributed by atoms with Crippen LogP contribution >= 0.6 is 0 Å². The third kappa shape index (κ3) is 2.73. The summed E-state index contributed by atoms with van der Waals surface area (Å²) in [6.45, 7) is 3.79. The molecule has 3 heteroatoms. The maximum absolute atomic E-state index is 8.89. The lowest BCUT2D eigenvalue weighted by Crippen LogP contribution is -1.90. The van der Waals surface area contributed by atoms with E-state index in [4.69, 9.17) is 15.3 Å². The molecule has 0 unspecified atom stereocenters. The Kier molecular flexibility index (Phi) is 3.50. The molecule has 2 rings (SSSR count). The first kappa shape index (κ1) is 12.7. The van der Waals surface area contributed by atoms with Gasteiger partial charge in [0.25, 0.3) is 0 Å². The minimum atomic E-state index is 0.561. The van der Waals surface area contributed by atoms with Crippen LogP contribution in [0.15, 0.2) is 36.4 Å². The summed E-state index contributed by atoms with van der Waals surface area (Å²) < 4.78 is 5.77. The molecule has 92 valence electrons. The fraction of sp³-hybridized carbons (Fsp3) is 0.125. The molecule has 0 spiro atoms. The van der Waals surface area contributed by atoms with Gasteiger partial charge in [0.05, 0.1) is 23.3 Å². The van der Waals surface area contributed by atoms with E-state index in [9.17, 15) is 0 Å². The molecule has 0 heterocycles. The number of aryl methyl sites for hydroxylation is 2. The van der Waals surface area contributed by atoms with Gasteiger partial charge in [-0.2, -0.15) is 10.5 Å². The van der Waals surface area contributed by atoms with E-state index >= 15 is 0 Å². The van der Waals surface area contributed by atoms with Crippen LogP contribution in [0.2, 0.25) is 0 Å². The Morgan fingerprint density at radius 1 is 0.895 bits per heavy atom. The molecule has 0 radical (unpaired) electrons. The van der Waals surface area contributed by atoms with E-state index in [1.807, 2.05) is 26.0 Å². The van der Waals surface area contributed by atoms with Gasteiger partial charge in [0, 0.05) is 0 Å². The summed E-state index contributed by atoms with van der Waals surface area (Å²) in [5, 5.41) is 17.8. The summed E-state index contributed by atoms with van der Waals surface area (Å²) >= 11 is 0. The van der Waals surface area contributed by atoms with Crippen molar-refractivity contribution >= 4 is 0 Å². The number of ether oxygens (including phenoxy) is 1. The number of benzene rings is 2. The Labute approximate surface area is 112 Å². The summed E-state index contributed by atoms with van der Waals surface area (Å²) in [5.41, 5.74) is 3.02. The van der Waals surface area contributed by atoms with Crippen molar-refractivity contribution < 1.29 is 4.74 Å². The summed E-state index contributed by atoms with van der Waals surface area (Å²) in [4.78, 5) is 0. The minimum absolute atomic E-state index is 0.561. The van der Waals surface area contributed by atoms with Gasteiger partial charge in [-0.05, 0) is 55.3 Å². The van der Waals surface area contributed by atoms with Crippen molar-refractivity contribution in [3.63, 3.8) is 0 Å². The highest BCUT2D eigenvalue weighted by Gasteiger charge is 2.05. The monoisotopic (exact) mass is 248 g/mol. The van der Waals surface area contributed by atoms with Gasteiger partial charge >= 0.3 is 0 Å². The topological polar surface area (TPSA) is 56.8 Å². The second-order valence-corrected chi connectivity index (χ2v) is 4.28. The van der Waals surface area contributed by atoms with Crippen molar-refractivity contribution in [1.82, 2.24) is 0 Å². The smallest absolute Gasteiger partial charge is 0.131 e. The quantitative estimate of drug-likeness (QED) is 0.811. The molecular formula is C16H12N2O. The highest BCUT2D eigenvalue weighted by Crippen LogP contribution is 2.27. The summed E-state index contributed by atoms with van der Waals surface area (Å²) in [5.74, 6) is 1.32. The first-order valence-corrected chi connectivity index (χ1v) is 5.83. The van der Waals surface area contributed by atoms with Crippen LogP contribution in [0.5, 0.6) is 11.5 Å².